The van der Waals surface area contributed by atoms with Crippen LogP contribution in [0.2, 0.25) is 5.02 Å². The molecule has 1 amide bonds. The van der Waals surface area contributed by atoms with E-state index in [1.54, 1.807) is 12.1 Å². The third-order valence-corrected chi connectivity index (χ3v) is 7.80. The third-order valence-electron chi connectivity index (χ3n) is 6.38. The number of hydrogen-bond donors (Lipinski definition) is 1. The van der Waals surface area contributed by atoms with Gasteiger partial charge in [0.2, 0.25) is 5.95 Å². The topological polar surface area (TPSA) is 114 Å². The molecule has 10 nitrogen and oxygen atoms in total. The molecule has 0 bridgehead atoms. The van der Waals surface area contributed by atoms with Gasteiger partial charge in [0.15, 0.2) is 9.84 Å². The average Bonchev–Trinajstić information content (AvgIpc) is 2.93. The van der Waals surface area contributed by atoms with Crippen LogP contribution in [0.4, 0.5) is 17.5 Å². The minimum atomic E-state index is -3.42. The Morgan fingerprint density at radius 3 is 2.13 bits per heavy atom. The van der Waals surface area contributed by atoms with Crippen LogP contribution in [0, 0.1) is 0 Å². The Labute approximate surface area is 226 Å². The molecule has 0 saturated carbocycles. The van der Waals surface area contributed by atoms with Crippen LogP contribution in [0.3, 0.4) is 0 Å². The van der Waals surface area contributed by atoms with Crippen LogP contribution in [0.5, 0.6) is 0 Å². The highest BCUT2D eigenvalue weighted by atomic mass is 35.5. The van der Waals surface area contributed by atoms with E-state index in [-0.39, 0.29) is 15.5 Å². The first-order valence-corrected chi connectivity index (χ1v) is 14.5. The van der Waals surface area contributed by atoms with Gasteiger partial charge in [0.1, 0.15) is 5.82 Å². The molecule has 0 unspecified atom stereocenters. The van der Waals surface area contributed by atoms with E-state index >= 15 is 0 Å². The van der Waals surface area contributed by atoms with E-state index in [4.69, 9.17) is 31.0 Å². The maximum absolute atomic E-state index is 12.8. The lowest BCUT2D eigenvalue weighted by Gasteiger charge is -2.31. The van der Waals surface area contributed by atoms with Crippen LogP contribution in [-0.2, 0) is 19.3 Å². The molecular formula is C26H28ClN5O5S. The second-order valence-electron chi connectivity index (χ2n) is 9.06. The molecule has 5 rings (SSSR count). The van der Waals surface area contributed by atoms with Crippen LogP contribution in [-0.4, -0.2) is 83.2 Å². The van der Waals surface area contributed by atoms with E-state index in [1.807, 2.05) is 18.2 Å². The Hall–Kier alpha value is -3.25. The Morgan fingerprint density at radius 1 is 0.895 bits per heavy atom. The number of benzene rings is 2. The zero-order valence-corrected chi connectivity index (χ0v) is 22.5. The largest absolute Gasteiger partial charge is 0.378 e. The minimum Gasteiger partial charge on any atom is -0.378 e. The van der Waals surface area contributed by atoms with Crippen molar-refractivity contribution in [1.82, 2.24) is 9.97 Å². The van der Waals surface area contributed by atoms with Crippen molar-refractivity contribution < 1.29 is 22.7 Å². The lowest BCUT2D eigenvalue weighted by Crippen LogP contribution is -2.39. The summed E-state index contributed by atoms with van der Waals surface area (Å²) in [5, 5.41) is 2.88. The highest BCUT2D eigenvalue weighted by molar-refractivity contribution is 7.90. The highest BCUT2D eigenvalue weighted by Crippen LogP contribution is 2.28. The summed E-state index contributed by atoms with van der Waals surface area (Å²) in [6, 6.07) is 13.4. The Morgan fingerprint density at radius 2 is 1.53 bits per heavy atom. The molecule has 200 valence electrons. The van der Waals surface area contributed by atoms with Gasteiger partial charge in [-0.15, -0.1) is 0 Å². The molecule has 1 N–H and O–H groups in total. The summed E-state index contributed by atoms with van der Waals surface area (Å²) < 4.78 is 34.5. The summed E-state index contributed by atoms with van der Waals surface area (Å²) in [4.78, 5) is 26.9. The summed E-state index contributed by atoms with van der Waals surface area (Å²) in [7, 11) is -3.42. The predicted molar refractivity (Wildman–Crippen MR) is 146 cm³/mol. The fourth-order valence-electron chi connectivity index (χ4n) is 4.26. The molecular weight excluding hydrogens is 530 g/mol. The molecule has 0 aliphatic carbocycles. The van der Waals surface area contributed by atoms with Crippen LogP contribution in [0.1, 0.15) is 10.4 Å². The van der Waals surface area contributed by atoms with Crippen LogP contribution in [0.25, 0.3) is 11.3 Å². The van der Waals surface area contributed by atoms with Crippen molar-refractivity contribution in [3.63, 3.8) is 0 Å². The summed E-state index contributed by atoms with van der Waals surface area (Å²) >= 11 is 6.20. The molecule has 12 heteroatoms. The highest BCUT2D eigenvalue weighted by Gasteiger charge is 2.20. The fraction of sp³-hybridized carbons (Fsp3) is 0.346. The van der Waals surface area contributed by atoms with Crippen molar-refractivity contribution in [2.45, 2.75) is 4.90 Å². The number of nitrogens with zero attached hydrogens (tertiary/aromatic N) is 4. The second kappa shape index (κ2) is 11.2. The zero-order chi connectivity index (χ0) is 26.7. The van der Waals surface area contributed by atoms with E-state index < -0.39 is 15.7 Å². The van der Waals surface area contributed by atoms with Gasteiger partial charge in [0.05, 0.1) is 47.6 Å². The van der Waals surface area contributed by atoms with E-state index in [9.17, 15) is 13.2 Å². The molecule has 2 aliphatic heterocycles. The van der Waals surface area contributed by atoms with E-state index in [0.29, 0.717) is 38.1 Å². The third kappa shape index (κ3) is 6.07. The molecule has 2 aliphatic rings. The molecule has 0 atom stereocenters. The molecule has 38 heavy (non-hydrogen) atoms. The number of carbonyl (C=O) groups is 1. The summed E-state index contributed by atoms with van der Waals surface area (Å²) in [5.74, 6) is 1.08. The molecule has 0 spiro atoms. The maximum Gasteiger partial charge on any atom is 0.257 e. The molecule has 0 radical (unpaired) electrons. The first-order chi connectivity index (χ1) is 18.3. The number of halogens is 1. The van der Waals surface area contributed by atoms with E-state index in [2.05, 4.69) is 15.1 Å². The number of ether oxygens (including phenoxy) is 2. The number of aromatic nitrogens is 2. The van der Waals surface area contributed by atoms with Crippen LogP contribution < -0.4 is 15.1 Å². The van der Waals surface area contributed by atoms with Crippen molar-refractivity contribution in [2.24, 2.45) is 0 Å². The Kier molecular flexibility index (Phi) is 7.80. The van der Waals surface area contributed by atoms with Gasteiger partial charge < -0.3 is 24.6 Å². The van der Waals surface area contributed by atoms with Gasteiger partial charge in [0, 0.05) is 49.8 Å². The van der Waals surface area contributed by atoms with Gasteiger partial charge >= 0.3 is 0 Å². The smallest absolute Gasteiger partial charge is 0.257 e. The Bertz CT molecular complexity index is 1390. The van der Waals surface area contributed by atoms with Crippen LogP contribution >= 0.6 is 11.6 Å². The number of hydrogen-bond acceptors (Lipinski definition) is 9. The number of nitrogens with one attached hydrogen (secondary N) is 1. The molecule has 2 fully saturated rings. The number of anilines is 3. The summed E-state index contributed by atoms with van der Waals surface area (Å²) in [6.45, 7) is 5.56. The monoisotopic (exact) mass is 557 g/mol. The fourth-order valence-corrected chi connectivity index (χ4v) is 5.24. The summed E-state index contributed by atoms with van der Waals surface area (Å²) in [5.41, 5.74) is 2.41. The first-order valence-electron chi connectivity index (χ1n) is 12.2. The number of carbonyl (C=O) groups excluding carboxylic acids is 1. The van der Waals surface area contributed by atoms with E-state index in [0.717, 1.165) is 49.5 Å². The number of rotatable bonds is 6. The normalized spacial score (nSPS) is 16.4. The number of amides is 1. The van der Waals surface area contributed by atoms with Crippen molar-refractivity contribution >= 4 is 44.8 Å². The minimum absolute atomic E-state index is 0.0566. The quantitative estimate of drug-likeness (QED) is 0.488. The van der Waals surface area contributed by atoms with Crippen molar-refractivity contribution in [3.05, 3.63) is 59.1 Å². The second-order valence-corrected chi connectivity index (χ2v) is 11.5. The maximum atomic E-state index is 12.8. The molecule has 1 aromatic heterocycles. The van der Waals surface area contributed by atoms with Gasteiger partial charge in [-0.25, -0.2) is 13.4 Å². The lowest BCUT2D eigenvalue weighted by atomic mass is 10.1. The lowest BCUT2D eigenvalue weighted by molar-refractivity contribution is 0.102. The number of sulfone groups is 1. The standard InChI is InChI=1S/C26H28ClN5O5S/c1-38(34,35)20-6-7-21(22(27)16-20)25(33)28-19-4-2-18(3-5-19)23-17-24(31-8-12-36-13-9-31)30-26(29-23)32-10-14-37-15-11-32/h2-7,16-17H,8-15H2,1H3,(H,28,33). The van der Waals surface area contributed by atoms with Gasteiger partial charge in [-0.3, -0.25) is 4.79 Å². The zero-order valence-electron chi connectivity index (χ0n) is 20.9. The van der Waals surface area contributed by atoms with Gasteiger partial charge in [-0.05, 0) is 30.3 Å². The predicted octanol–water partition coefficient (Wildman–Crippen LogP) is 3.13. The van der Waals surface area contributed by atoms with Crippen molar-refractivity contribution in [1.29, 1.82) is 0 Å². The van der Waals surface area contributed by atoms with Crippen molar-refractivity contribution in [3.8, 4) is 11.3 Å². The van der Waals surface area contributed by atoms with Crippen LogP contribution in [0.15, 0.2) is 53.4 Å². The molecule has 3 aromatic rings. The van der Waals surface area contributed by atoms with Crippen molar-refractivity contribution in [2.75, 3.05) is 74.0 Å². The molecule has 3 heterocycles. The summed E-state index contributed by atoms with van der Waals surface area (Å²) in [6.07, 6.45) is 1.09. The Balaban J connectivity index is 1.37. The van der Waals surface area contributed by atoms with Gasteiger partial charge in [0.25, 0.3) is 5.91 Å². The first kappa shape index (κ1) is 26.4. The average molecular weight is 558 g/mol. The van der Waals surface area contributed by atoms with E-state index in [1.165, 1.54) is 18.2 Å². The molecule has 2 saturated heterocycles. The number of morpholine rings is 2. The molecule has 2 aromatic carbocycles. The SMILES string of the molecule is CS(=O)(=O)c1ccc(C(=O)Nc2ccc(-c3cc(N4CCOCC4)nc(N4CCOCC4)n3)cc2)c(Cl)c1. The van der Waals surface area contributed by atoms with Gasteiger partial charge in [-0.1, -0.05) is 23.7 Å². The van der Waals surface area contributed by atoms with Gasteiger partial charge in [-0.2, -0.15) is 4.98 Å².